The lowest BCUT2D eigenvalue weighted by atomic mass is 10.0. The van der Waals surface area contributed by atoms with Crippen molar-refractivity contribution in [2.24, 2.45) is 0 Å². The first-order chi connectivity index (χ1) is 16.0. The Morgan fingerprint density at radius 2 is 1.67 bits per heavy atom. The minimum absolute atomic E-state index is 0.00161. The van der Waals surface area contributed by atoms with Crippen molar-refractivity contribution in [1.29, 1.82) is 0 Å². The lowest BCUT2D eigenvalue weighted by Crippen LogP contribution is -2.32. The van der Waals surface area contributed by atoms with Gasteiger partial charge in [0.05, 0.1) is 7.11 Å². The van der Waals surface area contributed by atoms with E-state index in [1.54, 1.807) is 32.2 Å². The lowest BCUT2D eigenvalue weighted by molar-refractivity contribution is -0.118. The molecule has 3 N–H and O–H groups in total. The maximum absolute atomic E-state index is 13.7. The molecule has 7 heteroatoms. The summed E-state index contributed by atoms with van der Waals surface area (Å²) in [7, 11) is 1.59. The zero-order valence-electron chi connectivity index (χ0n) is 18.6. The first-order valence-corrected chi connectivity index (χ1v) is 10.9. The molecule has 0 bridgehead atoms. The van der Waals surface area contributed by atoms with Gasteiger partial charge in [0.1, 0.15) is 17.1 Å². The van der Waals surface area contributed by atoms with Gasteiger partial charge in [-0.15, -0.1) is 0 Å². The van der Waals surface area contributed by atoms with Gasteiger partial charge in [-0.05, 0) is 56.0 Å². The highest BCUT2D eigenvalue weighted by Crippen LogP contribution is 2.32. The van der Waals surface area contributed by atoms with Gasteiger partial charge < -0.3 is 20.7 Å². The zero-order chi connectivity index (χ0) is 23.4. The summed E-state index contributed by atoms with van der Waals surface area (Å²) in [5.41, 5.74) is 2.19. The number of amides is 2. The molecule has 1 fully saturated rings. The Bertz CT molecular complexity index is 1240. The van der Waals surface area contributed by atoms with Crippen molar-refractivity contribution in [3.63, 3.8) is 0 Å². The third-order valence-electron chi connectivity index (χ3n) is 5.75. The topological polar surface area (TPSA) is 79.5 Å². The normalized spacial score (nSPS) is 14.9. The van der Waals surface area contributed by atoms with Gasteiger partial charge >= 0.3 is 0 Å². The van der Waals surface area contributed by atoms with Crippen molar-refractivity contribution >= 4 is 34.0 Å². The number of ether oxygens (including phenoxy) is 1. The first-order valence-electron chi connectivity index (χ1n) is 10.9. The molecule has 0 unspecified atom stereocenters. The van der Waals surface area contributed by atoms with Gasteiger partial charge in [0.25, 0.3) is 11.8 Å². The van der Waals surface area contributed by atoms with Crippen molar-refractivity contribution in [2.45, 2.75) is 26.2 Å². The van der Waals surface area contributed by atoms with Crippen LogP contribution in [0.1, 0.15) is 24.8 Å². The molecule has 1 heterocycles. The van der Waals surface area contributed by atoms with Crippen LogP contribution in [-0.4, -0.2) is 25.5 Å². The van der Waals surface area contributed by atoms with E-state index in [0.29, 0.717) is 41.4 Å². The minimum atomic E-state index is -0.580. The maximum Gasteiger partial charge on any atom is 0.263 e. The zero-order valence-corrected chi connectivity index (χ0v) is 18.6. The van der Waals surface area contributed by atoms with E-state index in [-0.39, 0.29) is 5.57 Å². The monoisotopic (exact) mass is 447 g/mol. The van der Waals surface area contributed by atoms with E-state index < -0.39 is 17.6 Å². The highest BCUT2D eigenvalue weighted by Gasteiger charge is 2.26. The van der Waals surface area contributed by atoms with E-state index in [9.17, 15) is 14.0 Å². The predicted octanol–water partition coefficient (Wildman–Crippen LogP) is 4.90. The molecule has 0 aliphatic carbocycles. The molecule has 3 aromatic carbocycles. The van der Waals surface area contributed by atoms with E-state index in [0.717, 1.165) is 23.6 Å². The number of halogens is 1. The molecule has 170 valence electrons. The molecule has 6 nitrogen and oxygen atoms in total. The largest absolute Gasteiger partial charge is 0.496 e. The van der Waals surface area contributed by atoms with E-state index in [1.807, 2.05) is 24.3 Å². The first kappa shape index (κ1) is 22.3. The molecule has 0 atom stereocenters. The number of carbonyl (C=O) groups excluding carboxylic acids is 2. The van der Waals surface area contributed by atoms with Gasteiger partial charge in [-0.3, -0.25) is 9.59 Å². The molecule has 0 aromatic heterocycles. The second kappa shape index (κ2) is 9.73. The fourth-order valence-electron chi connectivity index (χ4n) is 4.00. The van der Waals surface area contributed by atoms with Crippen LogP contribution in [0.2, 0.25) is 0 Å². The molecule has 4 rings (SSSR count). The van der Waals surface area contributed by atoms with Crippen LogP contribution < -0.4 is 20.7 Å². The number of hydrogen-bond acceptors (Lipinski definition) is 4. The van der Waals surface area contributed by atoms with Gasteiger partial charge in [-0.25, -0.2) is 4.39 Å². The van der Waals surface area contributed by atoms with Gasteiger partial charge in [0, 0.05) is 34.4 Å². The summed E-state index contributed by atoms with van der Waals surface area (Å²) in [6.45, 7) is 2.45. The highest BCUT2D eigenvalue weighted by molar-refractivity contribution is 6.27. The fraction of sp³-hybridized carbons (Fsp3) is 0.231. The van der Waals surface area contributed by atoms with Crippen LogP contribution in [0.3, 0.4) is 0 Å². The lowest BCUT2D eigenvalue weighted by Gasteiger charge is -2.21. The summed E-state index contributed by atoms with van der Waals surface area (Å²) < 4.78 is 19.2. The van der Waals surface area contributed by atoms with Crippen LogP contribution >= 0.6 is 0 Å². The number of nitrogens with one attached hydrogen (secondary N) is 3. The summed E-state index contributed by atoms with van der Waals surface area (Å²) in [6.07, 6.45) is 2.42. The number of carbonyl (C=O) groups is 2. The Morgan fingerprint density at radius 3 is 2.36 bits per heavy atom. The van der Waals surface area contributed by atoms with Crippen LogP contribution in [0, 0.1) is 12.7 Å². The Balaban J connectivity index is 1.69. The van der Waals surface area contributed by atoms with Crippen molar-refractivity contribution in [3.8, 4) is 5.75 Å². The Hall–Kier alpha value is -3.87. The van der Waals surface area contributed by atoms with Crippen molar-refractivity contribution in [3.05, 3.63) is 77.2 Å². The van der Waals surface area contributed by atoms with Gasteiger partial charge in [-0.1, -0.05) is 30.3 Å². The van der Waals surface area contributed by atoms with Crippen LogP contribution in [-0.2, 0) is 9.59 Å². The molecule has 1 aliphatic heterocycles. The number of hydrogen-bond donors (Lipinski definition) is 3. The Morgan fingerprint density at radius 1 is 0.939 bits per heavy atom. The Kier molecular flexibility index (Phi) is 6.58. The highest BCUT2D eigenvalue weighted by atomic mass is 19.1. The van der Waals surface area contributed by atoms with Gasteiger partial charge in [0.15, 0.2) is 0 Å². The summed E-state index contributed by atoms with van der Waals surface area (Å²) >= 11 is 0. The molecular formula is C26H26FN3O3. The van der Waals surface area contributed by atoms with Crippen LogP contribution in [0.5, 0.6) is 5.75 Å². The summed E-state index contributed by atoms with van der Waals surface area (Å²) in [4.78, 5) is 26.7. The summed E-state index contributed by atoms with van der Waals surface area (Å²) in [6, 6.07) is 15.3. The smallest absolute Gasteiger partial charge is 0.263 e. The molecule has 0 saturated carbocycles. The number of allylic oxidation sites excluding steroid dienone is 1. The predicted molar refractivity (Wildman–Crippen MR) is 128 cm³/mol. The van der Waals surface area contributed by atoms with E-state index in [4.69, 9.17) is 4.74 Å². The number of aryl methyl sites for hydroxylation is 1. The van der Waals surface area contributed by atoms with Gasteiger partial charge in [0.2, 0.25) is 0 Å². The SMILES string of the molecule is COc1ccc(NC(=O)/C(C(=O)Nc2cc(F)ccc2C)=C2\CCCCN2)c2ccccc12. The average Bonchev–Trinajstić information content (AvgIpc) is 2.82. The van der Waals surface area contributed by atoms with Crippen molar-refractivity contribution < 1.29 is 18.7 Å². The summed E-state index contributed by atoms with van der Waals surface area (Å²) in [5.74, 6) is -0.879. The number of methoxy groups -OCH3 is 1. The maximum atomic E-state index is 13.7. The van der Waals surface area contributed by atoms with Gasteiger partial charge in [-0.2, -0.15) is 0 Å². The van der Waals surface area contributed by atoms with Crippen molar-refractivity contribution in [1.82, 2.24) is 5.32 Å². The second-order valence-corrected chi connectivity index (χ2v) is 7.97. The quantitative estimate of drug-likeness (QED) is 0.295. The fourth-order valence-corrected chi connectivity index (χ4v) is 4.00. The van der Waals surface area contributed by atoms with E-state index >= 15 is 0 Å². The molecule has 1 aliphatic rings. The molecule has 33 heavy (non-hydrogen) atoms. The number of rotatable bonds is 5. The number of fused-ring (bicyclic) bond motifs is 1. The number of benzene rings is 3. The molecule has 0 spiro atoms. The van der Waals surface area contributed by atoms with Crippen molar-refractivity contribution in [2.75, 3.05) is 24.3 Å². The third-order valence-corrected chi connectivity index (χ3v) is 5.75. The Labute approximate surface area is 191 Å². The number of piperidine rings is 1. The molecule has 3 aromatic rings. The van der Waals surface area contributed by atoms with E-state index in [1.165, 1.54) is 12.1 Å². The van der Waals surface area contributed by atoms with Crippen LogP contribution in [0.15, 0.2) is 65.9 Å². The third kappa shape index (κ3) is 4.82. The average molecular weight is 448 g/mol. The summed E-state index contributed by atoms with van der Waals surface area (Å²) in [5, 5.41) is 10.5. The molecule has 1 saturated heterocycles. The second-order valence-electron chi connectivity index (χ2n) is 7.97. The van der Waals surface area contributed by atoms with Crippen LogP contribution in [0.4, 0.5) is 15.8 Å². The van der Waals surface area contributed by atoms with E-state index in [2.05, 4.69) is 16.0 Å². The standard InChI is InChI=1S/C26H26FN3O3/c1-16-10-11-17(27)15-22(16)30-26(32)24(21-9-5-6-14-28-21)25(31)29-20-12-13-23(33-2)19-8-4-3-7-18(19)20/h3-4,7-8,10-13,15,28H,5-6,9,14H2,1-2H3,(H,29,31)(H,30,32)/b24-21-. The molecular weight excluding hydrogens is 421 g/mol. The molecule has 0 radical (unpaired) electrons. The van der Waals surface area contributed by atoms with Crippen LogP contribution in [0.25, 0.3) is 10.8 Å². The molecule has 2 amide bonds. The number of anilines is 2. The minimum Gasteiger partial charge on any atom is -0.496 e.